The maximum atomic E-state index is 12.8. The van der Waals surface area contributed by atoms with Crippen LogP contribution in [0.1, 0.15) is 28.8 Å². The van der Waals surface area contributed by atoms with Gasteiger partial charge in [-0.05, 0) is 30.5 Å². The summed E-state index contributed by atoms with van der Waals surface area (Å²) in [6.07, 6.45) is 1.06. The number of hydrogen-bond acceptors (Lipinski definition) is 4. The van der Waals surface area contributed by atoms with E-state index in [1.165, 1.54) is 11.4 Å². The van der Waals surface area contributed by atoms with E-state index in [4.69, 9.17) is 4.74 Å². The van der Waals surface area contributed by atoms with Crippen molar-refractivity contribution in [2.45, 2.75) is 18.3 Å². The summed E-state index contributed by atoms with van der Waals surface area (Å²) in [6, 6.07) is 16.8. The summed E-state index contributed by atoms with van der Waals surface area (Å²) in [4.78, 5) is 12.8. The second kappa shape index (κ2) is 10.2. The first-order valence-corrected chi connectivity index (χ1v) is 11.6. The van der Waals surface area contributed by atoms with Crippen LogP contribution in [0, 0.1) is 0 Å². The lowest BCUT2D eigenvalue weighted by Gasteiger charge is -2.41. The van der Waals surface area contributed by atoms with Crippen molar-refractivity contribution in [2.24, 2.45) is 0 Å². The molecule has 1 fully saturated rings. The molecule has 0 saturated carbocycles. The fraction of sp³-hybridized carbons (Fsp3) is 0.409. The Labute approximate surface area is 182 Å². The van der Waals surface area contributed by atoms with Crippen molar-refractivity contribution in [3.8, 4) is 5.75 Å². The highest BCUT2D eigenvalue weighted by Gasteiger charge is 2.39. The molecular formula is C22H28FN3O4S. The highest BCUT2D eigenvalue weighted by molar-refractivity contribution is 7.87. The Kier molecular flexibility index (Phi) is 7.64. The van der Waals surface area contributed by atoms with Crippen LogP contribution in [-0.4, -0.2) is 58.6 Å². The van der Waals surface area contributed by atoms with Crippen LogP contribution >= 0.6 is 0 Å². The fourth-order valence-corrected chi connectivity index (χ4v) is 5.13. The summed E-state index contributed by atoms with van der Waals surface area (Å²) >= 11 is 0. The number of hydrogen-bond donors (Lipinski definition) is 2. The predicted octanol–water partition coefficient (Wildman–Crippen LogP) is 2.26. The average Bonchev–Trinajstić information content (AvgIpc) is 2.82. The number of carbonyl (C=O) groups is 1. The van der Waals surface area contributed by atoms with Crippen LogP contribution in [0.4, 0.5) is 4.39 Å². The van der Waals surface area contributed by atoms with E-state index in [0.717, 1.165) is 5.56 Å². The van der Waals surface area contributed by atoms with Crippen molar-refractivity contribution >= 4 is 16.1 Å². The third kappa shape index (κ3) is 5.41. The van der Waals surface area contributed by atoms with Crippen LogP contribution in [0.2, 0.25) is 0 Å². The number of para-hydroxylation sites is 1. The molecule has 0 unspecified atom stereocenters. The average molecular weight is 450 g/mol. The van der Waals surface area contributed by atoms with Gasteiger partial charge < -0.3 is 10.1 Å². The molecule has 0 atom stereocenters. The highest BCUT2D eigenvalue weighted by atomic mass is 32.2. The number of alkyl halides is 1. The van der Waals surface area contributed by atoms with Gasteiger partial charge in [0.05, 0.1) is 12.7 Å². The van der Waals surface area contributed by atoms with Gasteiger partial charge in [0.1, 0.15) is 12.4 Å². The molecule has 1 aliphatic rings. The number of nitrogens with zero attached hydrogens (tertiary/aromatic N) is 1. The molecule has 1 aliphatic heterocycles. The number of nitrogens with one attached hydrogen (secondary N) is 2. The van der Waals surface area contributed by atoms with Crippen molar-refractivity contribution in [2.75, 3.05) is 40.0 Å². The van der Waals surface area contributed by atoms with Crippen molar-refractivity contribution in [1.29, 1.82) is 0 Å². The lowest BCUT2D eigenvalue weighted by molar-refractivity contribution is 0.0930. The van der Waals surface area contributed by atoms with Gasteiger partial charge in [-0.2, -0.15) is 17.4 Å². The van der Waals surface area contributed by atoms with E-state index >= 15 is 0 Å². The third-order valence-electron chi connectivity index (χ3n) is 5.72. The molecule has 2 aromatic carbocycles. The Hall–Kier alpha value is -2.49. The summed E-state index contributed by atoms with van der Waals surface area (Å²) in [7, 11) is -2.20. The van der Waals surface area contributed by atoms with Crippen LogP contribution in [-0.2, 0) is 15.6 Å². The highest BCUT2D eigenvalue weighted by Crippen LogP contribution is 2.36. The normalized spacial score (nSPS) is 16.6. The Balaban J connectivity index is 1.77. The van der Waals surface area contributed by atoms with E-state index in [0.29, 0.717) is 30.7 Å². The molecule has 1 heterocycles. The van der Waals surface area contributed by atoms with Crippen LogP contribution in [0.5, 0.6) is 5.75 Å². The number of rotatable bonds is 9. The molecule has 168 valence electrons. The van der Waals surface area contributed by atoms with E-state index in [1.807, 2.05) is 30.3 Å². The molecule has 0 radical (unpaired) electrons. The standard InChI is InChI=1S/C22H28FN3O4S/c1-30-20-10-6-5-9-19(20)21(27)24-17-22(18-7-3-2-4-8-18)11-15-26(16-12-22)31(28,29)25-14-13-23/h2-10,25H,11-17H2,1H3,(H,24,27). The molecule has 0 aromatic heterocycles. The lowest BCUT2D eigenvalue weighted by Crippen LogP contribution is -2.52. The van der Waals surface area contributed by atoms with Crippen molar-refractivity contribution < 1.29 is 22.3 Å². The monoisotopic (exact) mass is 449 g/mol. The van der Waals surface area contributed by atoms with Gasteiger partial charge in [-0.3, -0.25) is 4.79 Å². The lowest BCUT2D eigenvalue weighted by atomic mass is 9.73. The zero-order valence-electron chi connectivity index (χ0n) is 17.5. The van der Waals surface area contributed by atoms with Crippen LogP contribution in [0.3, 0.4) is 0 Å². The van der Waals surface area contributed by atoms with Crippen LogP contribution in [0.25, 0.3) is 0 Å². The summed E-state index contributed by atoms with van der Waals surface area (Å²) in [5.41, 5.74) is 1.08. The molecule has 9 heteroatoms. The van der Waals surface area contributed by atoms with E-state index in [9.17, 15) is 17.6 Å². The molecule has 7 nitrogen and oxygen atoms in total. The first-order chi connectivity index (χ1) is 14.9. The Morgan fingerprint density at radius 3 is 2.39 bits per heavy atom. The quantitative estimate of drug-likeness (QED) is 0.615. The van der Waals surface area contributed by atoms with E-state index in [-0.39, 0.29) is 25.5 Å². The SMILES string of the molecule is COc1ccccc1C(=O)NCC1(c2ccccc2)CCN(S(=O)(=O)NCCF)CC1. The topological polar surface area (TPSA) is 87.7 Å². The molecule has 2 N–H and O–H groups in total. The molecule has 31 heavy (non-hydrogen) atoms. The maximum absolute atomic E-state index is 12.8. The molecule has 2 aromatic rings. The molecule has 0 bridgehead atoms. The molecule has 1 saturated heterocycles. The van der Waals surface area contributed by atoms with Crippen LogP contribution in [0.15, 0.2) is 54.6 Å². The number of amides is 1. The first kappa shape index (κ1) is 23.2. The minimum atomic E-state index is -3.72. The smallest absolute Gasteiger partial charge is 0.279 e. The molecule has 0 aliphatic carbocycles. The zero-order chi connectivity index (χ0) is 22.3. The van der Waals surface area contributed by atoms with Crippen LogP contribution < -0.4 is 14.8 Å². The summed E-state index contributed by atoms with van der Waals surface area (Å²) in [5.74, 6) is 0.251. The molecule has 0 spiro atoms. The van der Waals surface area contributed by atoms with Gasteiger partial charge in [0.25, 0.3) is 16.1 Å². The summed E-state index contributed by atoms with van der Waals surface area (Å²) < 4.78 is 46.1. The largest absolute Gasteiger partial charge is 0.496 e. The predicted molar refractivity (Wildman–Crippen MR) is 117 cm³/mol. The summed E-state index contributed by atoms with van der Waals surface area (Å²) in [6.45, 7) is -0.0740. The van der Waals surface area contributed by atoms with Gasteiger partial charge in [0.2, 0.25) is 0 Å². The number of methoxy groups -OCH3 is 1. The van der Waals surface area contributed by atoms with Crippen molar-refractivity contribution in [3.63, 3.8) is 0 Å². The van der Waals surface area contributed by atoms with Gasteiger partial charge in [-0.25, -0.2) is 4.39 Å². The molecule has 3 rings (SSSR count). The van der Waals surface area contributed by atoms with E-state index in [2.05, 4.69) is 10.0 Å². The first-order valence-electron chi connectivity index (χ1n) is 10.2. The number of halogens is 1. The Bertz CT molecular complexity index is 977. The Morgan fingerprint density at radius 1 is 1.10 bits per heavy atom. The minimum Gasteiger partial charge on any atom is -0.496 e. The van der Waals surface area contributed by atoms with Gasteiger partial charge in [0.15, 0.2) is 0 Å². The number of benzene rings is 2. The fourth-order valence-electron chi connectivity index (χ4n) is 3.95. The van der Waals surface area contributed by atoms with Crippen molar-refractivity contribution in [3.05, 3.63) is 65.7 Å². The van der Waals surface area contributed by atoms with E-state index < -0.39 is 22.3 Å². The van der Waals surface area contributed by atoms with E-state index in [1.54, 1.807) is 24.3 Å². The summed E-state index contributed by atoms with van der Waals surface area (Å²) in [5, 5.41) is 3.02. The Morgan fingerprint density at radius 2 is 1.74 bits per heavy atom. The number of carbonyl (C=O) groups excluding carboxylic acids is 1. The van der Waals surface area contributed by atoms with Gasteiger partial charge >= 0.3 is 0 Å². The third-order valence-corrected chi connectivity index (χ3v) is 7.34. The second-order valence-corrected chi connectivity index (χ2v) is 9.27. The van der Waals surface area contributed by atoms with Gasteiger partial charge in [-0.15, -0.1) is 0 Å². The number of ether oxygens (including phenoxy) is 1. The van der Waals surface area contributed by atoms with Gasteiger partial charge in [0, 0.05) is 31.6 Å². The zero-order valence-corrected chi connectivity index (χ0v) is 18.3. The second-order valence-electron chi connectivity index (χ2n) is 7.52. The van der Waals surface area contributed by atoms with Gasteiger partial charge in [-0.1, -0.05) is 42.5 Å². The van der Waals surface area contributed by atoms with Crippen molar-refractivity contribution in [1.82, 2.24) is 14.3 Å². The number of piperidine rings is 1. The molecule has 1 amide bonds. The molecular weight excluding hydrogens is 421 g/mol. The minimum absolute atomic E-state index is 0.238. The maximum Gasteiger partial charge on any atom is 0.279 e.